The van der Waals surface area contributed by atoms with Crippen LogP contribution in [0.5, 0.6) is 11.6 Å². The summed E-state index contributed by atoms with van der Waals surface area (Å²) in [7, 11) is 0. The molecule has 0 aliphatic carbocycles. The number of likely N-dealkylation sites (tertiary alicyclic amines) is 1. The number of hydrogen-bond donors (Lipinski definition) is 1. The van der Waals surface area contributed by atoms with E-state index in [1.54, 1.807) is 12.3 Å². The van der Waals surface area contributed by atoms with Crippen LogP contribution in [-0.4, -0.2) is 38.2 Å². The van der Waals surface area contributed by atoms with E-state index < -0.39 is 0 Å². The smallest absolute Gasteiger partial charge is 0.241 e. The van der Waals surface area contributed by atoms with Gasteiger partial charge in [0.15, 0.2) is 0 Å². The summed E-state index contributed by atoms with van der Waals surface area (Å²) in [6.07, 6.45) is 7.67. The van der Waals surface area contributed by atoms with Crippen LogP contribution in [-0.2, 0) is 17.9 Å². The van der Waals surface area contributed by atoms with Gasteiger partial charge in [0, 0.05) is 30.4 Å². The van der Waals surface area contributed by atoms with Crippen LogP contribution in [0.1, 0.15) is 43.9 Å². The number of benzene rings is 1. The molecule has 0 saturated carbocycles. The molecule has 0 radical (unpaired) electrons. The normalized spacial score (nSPS) is 16.6. The Morgan fingerprint density at radius 1 is 1.16 bits per heavy atom. The lowest BCUT2D eigenvalue weighted by Crippen LogP contribution is -2.46. The number of rotatable bonds is 8. The summed E-state index contributed by atoms with van der Waals surface area (Å²) >= 11 is 0. The van der Waals surface area contributed by atoms with Crippen molar-refractivity contribution in [2.45, 2.75) is 58.7 Å². The molecule has 3 aromatic rings. The molecule has 32 heavy (non-hydrogen) atoms. The van der Waals surface area contributed by atoms with Gasteiger partial charge >= 0.3 is 0 Å². The van der Waals surface area contributed by atoms with Gasteiger partial charge in [-0.15, -0.1) is 0 Å². The molecule has 3 heterocycles. The van der Waals surface area contributed by atoms with Crippen molar-refractivity contribution in [3.05, 3.63) is 66.1 Å². The third-order valence-corrected chi connectivity index (χ3v) is 5.90. The number of para-hydroxylation sites is 1. The molecule has 1 N–H and O–H groups in total. The van der Waals surface area contributed by atoms with E-state index in [9.17, 15) is 4.79 Å². The number of carbonyl (C=O) groups excluding carboxylic acids is 1. The zero-order valence-corrected chi connectivity index (χ0v) is 18.8. The number of carbonyl (C=O) groups is 1. The van der Waals surface area contributed by atoms with Crippen molar-refractivity contribution in [3.63, 3.8) is 0 Å². The van der Waals surface area contributed by atoms with Gasteiger partial charge in [0.2, 0.25) is 11.8 Å². The fraction of sp³-hybridized carbons (Fsp3) is 0.400. The minimum absolute atomic E-state index is 0.0156. The second-order valence-electron chi connectivity index (χ2n) is 8.25. The molecular weight excluding hydrogens is 402 g/mol. The molecule has 1 aliphatic rings. The van der Waals surface area contributed by atoms with Crippen molar-refractivity contribution in [2.75, 3.05) is 11.9 Å². The number of aryl methyl sites for hydroxylation is 1. The number of aromatic nitrogens is 3. The highest BCUT2D eigenvalue weighted by atomic mass is 16.5. The van der Waals surface area contributed by atoms with E-state index >= 15 is 0 Å². The molecule has 0 bridgehead atoms. The van der Waals surface area contributed by atoms with E-state index in [0.29, 0.717) is 11.6 Å². The number of amides is 1. The first kappa shape index (κ1) is 22.0. The average Bonchev–Trinajstić information content (AvgIpc) is 3.15. The average molecular weight is 434 g/mol. The first-order chi connectivity index (χ1) is 15.6. The summed E-state index contributed by atoms with van der Waals surface area (Å²) in [5.41, 5.74) is 3.06. The molecule has 0 unspecified atom stereocenters. The Hall–Kier alpha value is -3.19. The Morgan fingerprint density at radius 3 is 2.75 bits per heavy atom. The first-order valence-corrected chi connectivity index (χ1v) is 11.4. The predicted molar refractivity (Wildman–Crippen MR) is 125 cm³/mol. The Kier molecular flexibility index (Phi) is 7.17. The zero-order chi connectivity index (χ0) is 22.3. The fourth-order valence-corrected chi connectivity index (χ4v) is 4.12. The third kappa shape index (κ3) is 5.34. The molecule has 1 fully saturated rings. The van der Waals surface area contributed by atoms with Gasteiger partial charge in [-0.1, -0.05) is 31.5 Å². The van der Waals surface area contributed by atoms with Gasteiger partial charge in [-0.05, 0) is 50.9 Å². The first-order valence-electron chi connectivity index (χ1n) is 11.4. The van der Waals surface area contributed by atoms with E-state index in [-0.39, 0.29) is 11.9 Å². The quantitative estimate of drug-likeness (QED) is 0.553. The van der Waals surface area contributed by atoms with E-state index in [1.807, 2.05) is 42.6 Å². The van der Waals surface area contributed by atoms with Crippen LogP contribution in [0.2, 0.25) is 0 Å². The van der Waals surface area contributed by atoms with Crippen molar-refractivity contribution in [1.29, 1.82) is 0 Å². The number of anilines is 1. The summed E-state index contributed by atoms with van der Waals surface area (Å²) in [5.74, 6) is 1.24. The molecule has 1 aliphatic heterocycles. The number of ether oxygens (including phenoxy) is 1. The molecular formula is C25H31N5O2. The predicted octanol–water partition coefficient (Wildman–Crippen LogP) is 4.78. The molecule has 7 nitrogen and oxygen atoms in total. The highest BCUT2D eigenvalue weighted by Gasteiger charge is 2.29. The maximum atomic E-state index is 13.1. The van der Waals surface area contributed by atoms with Crippen LogP contribution < -0.4 is 10.1 Å². The van der Waals surface area contributed by atoms with Gasteiger partial charge in [0.25, 0.3) is 0 Å². The highest BCUT2D eigenvalue weighted by Crippen LogP contribution is 2.24. The number of nitrogens with zero attached hydrogens (tertiary/aromatic N) is 4. The van der Waals surface area contributed by atoms with Crippen molar-refractivity contribution >= 4 is 11.6 Å². The van der Waals surface area contributed by atoms with Gasteiger partial charge in [-0.2, -0.15) is 5.10 Å². The zero-order valence-electron chi connectivity index (χ0n) is 18.8. The molecule has 168 valence electrons. The Morgan fingerprint density at radius 2 is 2.00 bits per heavy atom. The lowest BCUT2D eigenvalue weighted by molar-refractivity contribution is -0.122. The van der Waals surface area contributed by atoms with Crippen LogP contribution in [0, 0.1) is 6.92 Å². The largest absolute Gasteiger partial charge is 0.439 e. The molecule has 2 aromatic heterocycles. The second kappa shape index (κ2) is 10.4. The topological polar surface area (TPSA) is 72.3 Å². The van der Waals surface area contributed by atoms with Crippen molar-refractivity contribution in [3.8, 4) is 11.6 Å². The maximum absolute atomic E-state index is 13.1. The van der Waals surface area contributed by atoms with Crippen LogP contribution in [0.3, 0.4) is 0 Å². The van der Waals surface area contributed by atoms with Crippen LogP contribution in [0.25, 0.3) is 0 Å². The molecule has 1 amide bonds. The maximum Gasteiger partial charge on any atom is 0.241 e. The lowest BCUT2D eigenvalue weighted by atomic mass is 10.0. The number of nitrogens with one attached hydrogen (secondary N) is 1. The van der Waals surface area contributed by atoms with Crippen LogP contribution in [0.15, 0.2) is 54.9 Å². The van der Waals surface area contributed by atoms with E-state index in [2.05, 4.69) is 38.8 Å². The SMILES string of the molecule is CCCn1ncc(CN2CCCC[C@H]2C(=O)Nc2ccc(Oc3ccccc3)nc2)c1C. The van der Waals surface area contributed by atoms with Crippen LogP contribution >= 0.6 is 0 Å². The van der Waals surface area contributed by atoms with Gasteiger partial charge < -0.3 is 10.1 Å². The molecule has 0 spiro atoms. The minimum Gasteiger partial charge on any atom is -0.439 e. The number of pyridine rings is 1. The van der Waals surface area contributed by atoms with Gasteiger partial charge in [0.1, 0.15) is 5.75 Å². The summed E-state index contributed by atoms with van der Waals surface area (Å²) in [4.78, 5) is 19.7. The third-order valence-electron chi connectivity index (χ3n) is 5.90. The summed E-state index contributed by atoms with van der Waals surface area (Å²) in [5, 5.41) is 7.56. The van der Waals surface area contributed by atoms with E-state index in [4.69, 9.17) is 4.74 Å². The summed E-state index contributed by atoms with van der Waals surface area (Å²) in [6, 6.07) is 13.0. The number of piperidine rings is 1. The van der Waals surface area contributed by atoms with Gasteiger partial charge in [-0.3, -0.25) is 14.4 Å². The molecule has 1 aromatic carbocycles. The monoisotopic (exact) mass is 433 g/mol. The Balaban J connectivity index is 1.38. The highest BCUT2D eigenvalue weighted by molar-refractivity contribution is 5.94. The van der Waals surface area contributed by atoms with E-state index in [0.717, 1.165) is 51.1 Å². The second-order valence-corrected chi connectivity index (χ2v) is 8.25. The van der Waals surface area contributed by atoms with Crippen molar-refractivity contribution < 1.29 is 9.53 Å². The Bertz CT molecular complexity index is 1020. The molecule has 1 atom stereocenters. The van der Waals surface area contributed by atoms with Gasteiger partial charge in [0.05, 0.1) is 24.1 Å². The van der Waals surface area contributed by atoms with Gasteiger partial charge in [-0.25, -0.2) is 4.98 Å². The summed E-state index contributed by atoms with van der Waals surface area (Å²) < 4.78 is 7.78. The molecule has 1 saturated heterocycles. The van der Waals surface area contributed by atoms with Crippen molar-refractivity contribution in [1.82, 2.24) is 19.7 Å². The lowest BCUT2D eigenvalue weighted by Gasteiger charge is -2.34. The van der Waals surface area contributed by atoms with E-state index in [1.165, 1.54) is 11.3 Å². The minimum atomic E-state index is -0.155. The standard InChI is InChI=1S/C25H31N5O2/c1-3-14-30-19(2)20(16-27-30)18-29-15-8-7-11-23(29)25(31)28-21-12-13-24(26-17-21)32-22-9-5-4-6-10-22/h4-6,9-10,12-13,16-17,23H,3,7-8,11,14-15,18H2,1-2H3,(H,28,31)/t23-/m0/s1. The van der Waals surface area contributed by atoms with Crippen LogP contribution in [0.4, 0.5) is 5.69 Å². The fourth-order valence-electron chi connectivity index (χ4n) is 4.12. The Labute approximate surface area is 189 Å². The summed E-state index contributed by atoms with van der Waals surface area (Å²) in [6.45, 7) is 6.85. The van der Waals surface area contributed by atoms with Crippen molar-refractivity contribution in [2.24, 2.45) is 0 Å². The molecule has 4 rings (SSSR count). The number of hydrogen-bond acceptors (Lipinski definition) is 5. The molecule has 7 heteroatoms.